The highest BCUT2D eigenvalue weighted by Crippen LogP contribution is 2.29. The van der Waals surface area contributed by atoms with Crippen LogP contribution in [0.2, 0.25) is 0 Å². The Balaban J connectivity index is 1.68. The van der Waals surface area contributed by atoms with Gasteiger partial charge in [0.15, 0.2) is 0 Å². The normalized spacial score (nSPS) is 15.5. The summed E-state index contributed by atoms with van der Waals surface area (Å²) in [5.74, 6) is 3.54. The molecule has 0 atom stereocenters. The van der Waals surface area contributed by atoms with Crippen LogP contribution in [0.4, 0.5) is 5.82 Å². The lowest BCUT2D eigenvalue weighted by Crippen LogP contribution is -2.46. The van der Waals surface area contributed by atoms with E-state index in [-0.39, 0.29) is 0 Å². The van der Waals surface area contributed by atoms with Crippen molar-refractivity contribution in [2.24, 2.45) is 0 Å². The molecule has 0 radical (unpaired) electrons. The van der Waals surface area contributed by atoms with Gasteiger partial charge in [0, 0.05) is 37.6 Å². The lowest BCUT2D eigenvalue weighted by atomic mass is 9.99. The van der Waals surface area contributed by atoms with Crippen molar-refractivity contribution >= 4 is 21.7 Å². The standard InChI is InChI=1S/C14H16BrN5/c1-9(2)13-16-4-3-12(19-13)20-7-10(8-20)14-17-5-11(15)6-18-14/h3-6,9-10H,7-8H2,1-2H3. The van der Waals surface area contributed by atoms with E-state index in [0.29, 0.717) is 11.8 Å². The molecule has 5 nitrogen and oxygen atoms in total. The van der Waals surface area contributed by atoms with Crippen molar-refractivity contribution in [2.45, 2.75) is 25.7 Å². The topological polar surface area (TPSA) is 54.8 Å². The molecular formula is C14H16BrN5. The fraction of sp³-hybridized carbons (Fsp3) is 0.429. The van der Waals surface area contributed by atoms with Gasteiger partial charge in [-0.1, -0.05) is 13.8 Å². The molecule has 6 heteroatoms. The van der Waals surface area contributed by atoms with Gasteiger partial charge in [0.05, 0.1) is 10.4 Å². The van der Waals surface area contributed by atoms with Gasteiger partial charge in [0.2, 0.25) is 0 Å². The van der Waals surface area contributed by atoms with Crippen molar-refractivity contribution in [1.82, 2.24) is 19.9 Å². The van der Waals surface area contributed by atoms with Crippen LogP contribution in [-0.4, -0.2) is 33.0 Å². The minimum absolute atomic E-state index is 0.349. The maximum atomic E-state index is 4.60. The van der Waals surface area contributed by atoms with E-state index >= 15 is 0 Å². The minimum Gasteiger partial charge on any atom is -0.355 e. The van der Waals surface area contributed by atoms with Crippen LogP contribution in [0, 0.1) is 0 Å². The second-order valence-corrected chi connectivity index (χ2v) is 6.20. The molecule has 3 heterocycles. The lowest BCUT2D eigenvalue weighted by Gasteiger charge is -2.39. The summed E-state index contributed by atoms with van der Waals surface area (Å²) in [6.45, 7) is 6.04. The fourth-order valence-corrected chi connectivity index (χ4v) is 2.38. The maximum absolute atomic E-state index is 4.60. The molecule has 1 aliphatic rings. The number of nitrogens with zero attached hydrogens (tertiary/aromatic N) is 5. The summed E-state index contributed by atoms with van der Waals surface area (Å²) in [7, 11) is 0. The molecule has 0 bridgehead atoms. The molecule has 1 fully saturated rings. The van der Waals surface area contributed by atoms with Crippen LogP contribution in [0.25, 0.3) is 0 Å². The van der Waals surface area contributed by atoms with Crippen molar-refractivity contribution in [2.75, 3.05) is 18.0 Å². The predicted octanol–water partition coefficient (Wildman–Crippen LogP) is 2.76. The fourth-order valence-electron chi connectivity index (χ4n) is 2.18. The predicted molar refractivity (Wildman–Crippen MR) is 80.8 cm³/mol. The third-order valence-electron chi connectivity index (χ3n) is 3.39. The molecule has 0 spiro atoms. The van der Waals surface area contributed by atoms with Gasteiger partial charge in [-0.2, -0.15) is 0 Å². The van der Waals surface area contributed by atoms with E-state index in [0.717, 1.165) is 35.0 Å². The first-order valence-electron chi connectivity index (χ1n) is 6.69. The molecule has 0 unspecified atom stereocenters. The zero-order chi connectivity index (χ0) is 14.1. The molecule has 0 aromatic carbocycles. The van der Waals surface area contributed by atoms with Gasteiger partial charge in [-0.3, -0.25) is 0 Å². The first-order valence-corrected chi connectivity index (χ1v) is 7.48. The summed E-state index contributed by atoms with van der Waals surface area (Å²) in [5.41, 5.74) is 0. The summed E-state index contributed by atoms with van der Waals surface area (Å²) in [5, 5.41) is 0. The summed E-state index contributed by atoms with van der Waals surface area (Å²) in [6, 6.07) is 1.96. The highest BCUT2D eigenvalue weighted by molar-refractivity contribution is 9.10. The molecule has 1 aliphatic heterocycles. The summed E-state index contributed by atoms with van der Waals surface area (Å²) in [4.78, 5) is 19.9. The highest BCUT2D eigenvalue weighted by Gasteiger charge is 2.31. The Morgan fingerprint density at radius 2 is 1.90 bits per heavy atom. The molecule has 0 amide bonds. The van der Waals surface area contributed by atoms with Crippen LogP contribution in [0.1, 0.15) is 37.3 Å². The minimum atomic E-state index is 0.349. The van der Waals surface area contributed by atoms with Crippen molar-refractivity contribution in [3.8, 4) is 0 Å². The zero-order valence-electron chi connectivity index (χ0n) is 11.5. The first-order chi connectivity index (χ1) is 9.63. The smallest absolute Gasteiger partial charge is 0.134 e. The van der Waals surface area contributed by atoms with Gasteiger partial charge in [-0.15, -0.1) is 0 Å². The summed E-state index contributed by atoms with van der Waals surface area (Å²) in [6.07, 6.45) is 5.43. The van der Waals surface area contributed by atoms with E-state index in [2.05, 4.69) is 54.6 Å². The van der Waals surface area contributed by atoms with Gasteiger partial charge in [0.1, 0.15) is 17.5 Å². The van der Waals surface area contributed by atoms with Gasteiger partial charge >= 0.3 is 0 Å². The van der Waals surface area contributed by atoms with Crippen molar-refractivity contribution in [3.63, 3.8) is 0 Å². The molecule has 0 saturated carbocycles. The molecular weight excluding hydrogens is 318 g/mol. The van der Waals surface area contributed by atoms with E-state index in [1.165, 1.54) is 0 Å². The zero-order valence-corrected chi connectivity index (χ0v) is 13.1. The van der Waals surface area contributed by atoms with Crippen molar-refractivity contribution in [3.05, 3.63) is 40.8 Å². The van der Waals surface area contributed by atoms with Crippen LogP contribution in [0.5, 0.6) is 0 Å². The molecule has 2 aromatic rings. The van der Waals surface area contributed by atoms with Gasteiger partial charge < -0.3 is 4.90 Å². The number of hydrogen-bond donors (Lipinski definition) is 0. The lowest BCUT2D eigenvalue weighted by molar-refractivity contribution is 0.494. The number of rotatable bonds is 3. The number of aromatic nitrogens is 4. The Morgan fingerprint density at radius 1 is 1.20 bits per heavy atom. The third-order valence-corrected chi connectivity index (χ3v) is 3.80. The van der Waals surface area contributed by atoms with Crippen LogP contribution < -0.4 is 4.90 Å². The average Bonchev–Trinajstić information content (AvgIpc) is 2.40. The summed E-state index contributed by atoms with van der Waals surface area (Å²) < 4.78 is 0.912. The first kappa shape index (κ1) is 13.4. The van der Waals surface area contributed by atoms with E-state index in [1.807, 2.05) is 12.3 Å². The van der Waals surface area contributed by atoms with Crippen LogP contribution in [-0.2, 0) is 0 Å². The average molecular weight is 334 g/mol. The second-order valence-electron chi connectivity index (χ2n) is 5.29. The second kappa shape index (κ2) is 5.44. The van der Waals surface area contributed by atoms with Crippen LogP contribution in [0.15, 0.2) is 29.1 Å². The monoisotopic (exact) mass is 333 g/mol. The largest absolute Gasteiger partial charge is 0.355 e. The van der Waals surface area contributed by atoms with E-state index in [9.17, 15) is 0 Å². The molecule has 2 aromatic heterocycles. The molecule has 1 saturated heterocycles. The van der Waals surface area contributed by atoms with E-state index in [4.69, 9.17) is 0 Å². The van der Waals surface area contributed by atoms with E-state index < -0.39 is 0 Å². The van der Waals surface area contributed by atoms with Gasteiger partial charge in [-0.05, 0) is 22.0 Å². The Bertz CT molecular complexity index is 593. The molecule has 20 heavy (non-hydrogen) atoms. The third kappa shape index (κ3) is 2.65. The number of anilines is 1. The molecule has 0 N–H and O–H groups in total. The van der Waals surface area contributed by atoms with E-state index in [1.54, 1.807) is 12.4 Å². The van der Waals surface area contributed by atoms with Crippen LogP contribution >= 0.6 is 15.9 Å². The van der Waals surface area contributed by atoms with Crippen LogP contribution in [0.3, 0.4) is 0 Å². The quantitative estimate of drug-likeness (QED) is 0.864. The van der Waals surface area contributed by atoms with Crippen molar-refractivity contribution in [1.29, 1.82) is 0 Å². The molecule has 104 valence electrons. The van der Waals surface area contributed by atoms with Crippen molar-refractivity contribution < 1.29 is 0 Å². The SMILES string of the molecule is CC(C)c1nccc(N2CC(c3ncc(Br)cn3)C2)n1. The maximum Gasteiger partial charge on any atom is 0.134 e. The highest BCUT2D eigenvalue weighted by atomic mass is 79.9. The Labute approximate surface area is 126 Å². The Kier molecular flexibility index (Phi) is 3.65. The van der Waals surface area contributed by atoms with Gasteiger partial charge in [-0.25, -0.2) is 19.9 Å². The number of halogens is 1. The Hall–Kier alpha value is -1.56. The summed E-state index contributed by atoms with van der Waals surface area (Å²) >= 11 is 3.35. The molecule has 3 rings (SSSR count). The Morgan fingerprint density at radius 3 is 2.55 bits per heavy atom. The molecule has 0 aliphatic carbocycles. The van der Waals surface area contributed by atoms with Gasteiger partial charge in [0.25, 0.3) is 0 Å². The number of hydrogen-bond acceptors (Lipinski definition) is 5.